The van der Waals surface area contributed by atoms with Crippen LogP contribution in [0.1, 0.15) is 129 Å². The van der Waals surface area contributed by atoms with E-state index >= 15 is 0 Å². The van der Waals surface area contributed by atoms with Gasteiger partial charge in [0.05, 0.1) is 25.4 Å². The lowest BCUT2D eigenvalue weighted by Crippen LogP contribution is -2.29. The van der Waals surface area contributed by atoms with Crippen molar-refractivity contribution in [2.24, 2.45) is 5.73 Å². The van der Waals surface area contributed by atoms with Crippen LogP contribution >= 0.6 is 7.82 Å². The van der Waals surface area contributed by atoms with Crippen molar-refractivity contribution in [2.45, 2.75) is 148 Å². The van der Waals surface area contributed by atoms with Crippen molar-refractivity contribution in [3.8, 4) is 0 Å². The highest BCUT2D eigenvalue weighted by Crippen LogP contribution is 2.43. The second kappa shape index (κ2) is 34.6. The molecule has 1 saturated heterocycles. The Morgan fingerprint density at radius 1 is 0.685 bits per heavy atom. The number of ether oxygens (including phenoxy) is 3. The van der Waals surface area contributed by atoms with Crippen LogP contribution in [0, 0.1) is 0 Å². The van der Waals surface area contributed by atoms with E-state index in [4.69, 9.17) is 29.0 Å². The maximum atomic E-state index is 12.6. The first-order chi connectivity index (χ1) is 26.3. The van der Waals surface area contributed by atoms with Crippen LogP contribution in [0.25, 0.3) is 0 Å². The molecule has 4 atom stereocenters. The maximum Gasteiger partial charge on any atom is 0.472 e. The van der Waals surface area contributed by atoms with Crippen molar-refractivity contribution in [3.05, 3.63) is 85.1 Å². The summed E-state index contributed by atoms with van der Waals surface area (Å²) in [7, 11) is -4.41. The van der Waals surface area contributed by atoms with E-state index in [-0.39, 0.29) is 44.8 Å². The molecule has 1 aliphatic rings. The van der Waals surface area contributed by atoms with E-state index in [2.05, 4.69) is 98.9 Å². The minimum absolute atomic E-state index is 0.0311. The Hall–Kier alpha value is -2.85. The van der Waals surface area contributed by atoms with Gasteiger partial charge >= 0.3 is 19.8 Å². The van der Waals surface area contributed by atoms with Gasteiger partial charge in [0.15, 0.2) is 6.10 Å². The summed E-state index contributed by atoms with van der Waals surface area (Å²) in [5, 5.41) is 0. The molecular formula is C43H70NO9P. The molecular weight excluding hydrogens is 705 g/mol. The predicted octanol–water partition coefficient (Wildman–Crippen LogP) is 10.3. The summed E-state index contributed by atoms with van der Waals surface area (Å²) in [5.41, 5.74) is 5.34. The summed E-state index contributed by atoms with van der Waals surface area (Å²) < 4.78 is 38.4. The van der Waals surface area contributed by atoms with Gasteiger partial charge in [-0.3, -0.25) is 18.6 Å². The van der Waals surface area contributed by atoms with E-state index in [0.29, 0.717) is 12.8 Å². The van der Waals surface area contributed by atoms with Crippen molar-refractivity contribution >= 4 is 19.8 Å². The summed E-state index contributed by atoms with van der Waals surface area (Å²) >= 11 is 0. The average molecular weight is 776 g/mol. The molecule has 306 valence electrons. The molecule has 0 bridgehead atoms. The highest BCUT2D eigenvalue weighted by molar-refractivity contribution is 7.47. The number of unbranched alkanes of at least 4 members (excludes halogenated alkanes) is 5. The lowest BCUT2D eigenvalue weighted by molar-refractivity contribution is -0.161. The van der Waals surface area contributed by atoms with Crippen LogP contribution in [0.15, 0.2) is 85.1 Å². The van der Waals surface area contributed by atoms with Crippen LogP contribution in [0.3, 0.4) is 0 Å². The molecule has 0 aliphatic carbocycles. The van der Waals surface area contributed by atoms with Crippen molar-refractivity contribution in [2.75, 3.05) is 26.4 Å². The van der Waals surface area contributed by atoms with E-state index in [0.717, 1.165) is 70.6 Å². The molecule has 3 N–H and O–H groups in total. The highest BCUT2D eigenvalue weighted by atomic mass is 31.2. The number of hydrogen-bond acceptors (Lipinski definition) is 9. The molecule has 1 aliphatic heterocycles. The number of phosphoric acid groups is 1. The van der Waals surface area contributed by atoms with E-state index in [9.17, 15) is 19.0 Å². The Kier molecular flexibility index (Phi) is 31.5. The summed E-state index contributed by atoms with van der Waals surface area (Å²) in [6.45, 7) is 3.42. The second-order valence-corrected chi connectivity index (χ2v) is 14.6. The van der Waals surface area contributed by atoms with Crippen molar-refractivity contribution < 1.29 is 42.3 Å². The molecule has 1 heterocycles. The Morgan fingerprint density at radius 3 is 1.83 bits per heavy atom. The Morgan fingerprint density at radius 2 is 1.24 bits per heavy atom. The minimum atomic E-state index is -4.41. The van der Waals surface area contributed by atoms with Crippen molar-refractivity contribution in [3.63, 3.8) is 0 Å². The predicted molar refractivity (Wildman–Crippen MR) is 219 cm³/mol. The molecule has 11 heteroatoms. The fourth-order valence-electron chi connectivity index (χ4n) is 5.12. The molecule has 0 spiro atoms. The van der Waals surface area contributed by atoms with Crippen LogP contribution in [0.4, 0.5) is 0 Å². The number of carbonyl (C=O) groups is 2. The summed E-state index contributed by atoms with van der Waals surface area (Å²) in [4.78, 5) is 34.9. The van der Waals surface area contributed by atoms with Gasteiger partial charge < -0.3 is 24.8 Å². The second-order valence-electron chi connectivity index (χ2n) is 13.2. The lowest BCUT2D eigenvalue weighted by atomic mass is 10.1. The van der Waals surface area contributed by atoms with Gasteiger partial charge in [-0.05, 0) is 89.9 Å². The molecule has 0 saturated carbocycles. The smallest absolute Gasteiger partial charge is 0.462 e. The Bertz CT molecular complexity index is 1220. The van der Waals surface area contributed by atoms with Gasteiger partial charge in [-0.15, -0.1) is 0 Å². The van der Waals surface area contributed by atoms with Gasteiger partial charge in [-0.25, -0.2) is 4.57 Å². The molecule has 3 unspecified atom stereocenters. The molecule has 0 aromatic rings. The molecule has 0 aromatic heterocycles. The number of phosphoric ester groups is 1. The number of carbonyl (C=O) groups excluding carboxylic acids is 2. The Balaban J connectivity index is 2.31. The SMILES string of the molecule is CC/C=C\C/C=C\C/C=C\C/C=C\CCCCC(=O)O[C@H](COC(=O)CCCC1OC1C/C=C\C/C=C\C/C=C\CCCCC)COP(=O)(O)OCCN. The Labute approximate surface area is 326 Å². The monoisotopic (exact) mass is 775 g/mol. The average Bonchev–Trinajstić information content (AvgIpc) is 3.91. The fraction of sp³-hybridized carbons (Fsp3) is 0.628. The first kappa shape index (κ1) is 49.2. The van der Waals surface area contributed by atoms with Crippen LogP contribution in [-0.4, -0.2) is 61.5 Å². The third kappa shape index (κ3) is 31.5. The zero-order valence-electron chi connectivity index (χ0n) is 33.1. The van der Waals surface area contributed by atoms with E-state index in [1.165, 1.54) is 19.3 Å². The van der Waals surface area contributed by atoms with Gasteiger partial charge in [0.25, 0.3) is 0 Å². The maximum absolute atomic E-state index is 12.6. The number of nitrogens with two attached hydrogens (primary N) is 1. The van der Waals surface area contributed by atoms with E-state index < -0.39 is 32.5 Å². The number of hydrogen-bond donors (Lipinski definition) is 2. The summed E-state index contributed by atoms with van der Waals surface area (Å²) in [6.07, 6.45) is 45.0. The largest absolute Gasteiger partial charge is 0.472 e. The third-order valence-corrected chi connectivity index (χ3v) is 9.17. The van der Waals surface area contributed by atoms with Gasteiger partial charge in [-0.2, -0.15) is 0 Å². The number of rotatable bonds is 35. The third-order valence-electron chi connectivity index (χ3n) is 8.19. The van der Waals surface area contributed by atoms with E-state index in [1.54, 1.807) is 0 Å². The van der Waals surface area contributed by atoms with Gasteiger partial charge in [0.1, 0.15) is 6.61 Å². The normalized spacial score (nSPS) is 18.0. The number of allylic oxidation sites excluding steroid dienone is 13. The number of esters is 2. The fourth-order valence-corrected chi connectivity index (χ4v) is 5.89. The van der Waals surface area contributed by atoms with Gasteiger partial charge in [0.2, 0.25) is 0 Å². The quantitative estimate of drug-likeness (QED) is 0.0210. The van der Waals surface area contributed by atoms with Gasteiger partial charge in [0, 0.05) is 19.4 Å². The summed E-state index contributed by atoms with van der Waals surface area (Å²) in [6, 6.07) is 0. The molecule has 54 heavy (non-hydrogen) atoms. The zero-order valence-corrected chi connectivity index (χ0v) is 34.0. The van der Waals surface area contributed by atoms with Gasteiger partial charge in [-0.1, -0.05) is 112 Å². The van der Waals surface area contributed by atoms with Crippen LogP contribution in [-0.2, 0) is 37.4 Å². The van der Waals surface area contributed by atoms with Crippen molar-refractivity contribution in [1.82, 2.24) is 0 Å². The van der Waals surface area contributed by atoms with Crippen molar-refractivity contribution in [1.29, 1.82) is 0 Å². The molecule has 0 radical (unpaired) electrons. The number of epoxide rings is 1. The van der Waals surface area contributed by atoms with Crippen LogP contribution in [0.2, 0.25) is 0 Å². The standard InChI is InChI=1S/C43H70NO9P/c1-3-5-7-9-11-13-15-17-18-19-21-23-25-27-29-33-43(46)52-39(38-51-54(47,48)50-36-35-44)37-49-42(45)34-30-32-41-40(53-41)31-28-26-24-22-20-16-14-12-10-8-6-4-2/h5,7,11-14,17-18,20-23,26,28,39-41H,3-4,6,8-10,15-16,19,24-25,27,29-38,44H2,1-2H3,(H,47,48)/b7-5-,13-11-,14-12-,18-17-,22-20-,23-21-,28-26-/t39-,40?,41?/m1/s1. The molecule has 0 amide bonds. The first-order valence-electron chi connectivity index (χ1n) is 20.2. The zero-order chi connectivity index (χ0) is 39.4. The van der Waals surface area contributed by atoms with Crippen LogP contribution < -0.4 is 5.73 Å². The molecule has 0 aromatic carbocycles. The summed E-state index contributed by atoms with van der Waals surface area (Å²) in [5.74, 6) is -0.965. The molecule has 10 nitrogen and oxygen atoms in total. The highest BCUT2D eigenvalue weighted by Gasteiger charge is 2.36. The van der Waals surface area contributed by atoms with Crippen LogP contribution in [0.5, 0.6) is 0 Å². The molecule has 1 fully saturated rings. The van der Waals surface area contributed by atoms with E-state index in [1.807, 2.05) is 0 Å². The minimum Gasteiger partial charge on any atom is -0.462 e. The lowest BCUT2D eigenvalue weighted by Gasteiger charge is -2.19. The molecule has 1 rings (SSSR count). The topological polar surface area (TPSA) is 147 Å². The first-order valence-corrected chi connectivity index (χ1v) is 21.7.